The minimum absolute atomic E-state index is 0.323. The van der Waals surface area contributed by atoms with E-state index in [4.69, 9.17) is 5.11 Å². The van der Waals surface area contributed by atoms with E-state index in [1.165, 1.54) is 18.4 Å². The summed E-state index contributed by atoms with van der Waals surface area (Å²) in [6.45, 7) is 6.19. The molecule has 0 saturated carbocycles. The molecular weight excluding hydrogens is 260 g/mol. The number of unbranched alkanes of at least 4 members (excludes halogenated alkanes) is 1. The molecule has 1 N–H and O–H groups in total. The first-order valence-electron chi connectivity index (χ1n) is 7.63. The van der Waals surface area contributed by atoms with Gasteiger partial charge >= 0.3 is 5.97 Å². The van der Waals surface area contributed by atoms with Gasteiger partial charge in [0.2, 0.25) is 0 Å². The average molecular weight is 284 g/mol. The molecule has 0 aliphatic heterocycles. The molecule has 2 aromatic rings. The number of hydrogen-bond donors (Lipinski definition) is 1. The number of carboxylic acid groups (broad SMARTS) is 1. The van der Waals surface area contributed by atoms with Gasteiger partial charge in [0.25, 0.3) is 0 Å². The van der Waals surface area contributed by atoms with Crippen LogP contribution in [0.1, 0.15) is 49.5 Å². The van der Waals surface area contributed by atoms with Gasteiger partial charge in [0.05, 0.1) is 5.56 Å². The molecule has 2 rings (SSSR count). The number of benzene rings is 2. The van der Waals surface area contributed by atoms with Gasteiger partial charge in [0.15, 0.2) is 0 Å². The van der Waals surface area contributed by atoms with E-state index in [0.717, 1.165) is 17.5 Å². The van der Waals surface area contributed by atoms with Gasteiger partial charge in [-0.3, -0.25) is 0 Å². The second kappa shape index (κ2) is 8.96. The van der Waals surface area contributed by atoms with Crippen LogP contribution in [0, 0.1) is 0 Å². The van der Waals surface area contributed by atoms with E-state index in [2.05, 4.69) is 31.2 Å². The normalized spacial score (nSPS) is 9.67. The topological polar surface area (TPSA) is 37.3 Å². The Hall–Kier alpha value is -2.09. The highest BCUT2D eigenvalue weighted by molar-refractivity contribution is 5.88. The van der Waals surface area contributed by atoms with Gasteiger partial charge in [-0.15, -0.1) is 0 Å². The molecule has 0 aliphatic carbocycles. The van der Waals surface area contributed by atoms with E-state index in [-0.39, 0.29) is 0 Å². The van der Waals surface area contributed by atoms with E-state index < -0.39 is 5.97 Å². The van der Waals surface area contributed by atoms with Crippen LogP contribution in [0.3, 0.4) is 0 Å². The molecule has 0 bridgehead atoms. The van der Waals surface area contributed by atoms with Crippen LogP contribution < -0.4 is 0 Å². The van der Waals surface area contributed by atoms with Crippen molar-refractivity contribution in [3.05, 3.63) is 59.7 Å². The summed E-state index contributed by atoms with van der Waals surface area (Å²) >= 11 is 0. The Morgan fingerprint density at radius 2 is 1.38 bits per heavy atom. The maximum absolute atomic E-state index is 10.8. The lowest BCUT2D eigenvalue weighted by atomic mass is 10.0. The molecule has 0 amide bonds. The molecule has 0 spiro atoms. The Balaban J connectivity index is 0.00000106. The number of aromatic carboxylic acids is 1. The summed E-state index contributed by atoms with van der Waals surface area (Å²) in [6.07, 6.45) is 3.54. The van der Waals surface area contributed by atoms with Crippen LogP contribution in [0.4, 0.5) is 0 Å². The molecule has 112 valence electrons. The minimum atomic E-state index is -0.888. The monoisotopic (exact) mass is 284 g/mol. The van der Waals surface area contributed by atoms with Crippen LogP contribution in [-0.2, 0) is 6.42 Å². The minimum Gasteiger partial charge on any atom is -0.478 e. The van der Waals surface area contributed by atoms with Crippen LogP contribution in [-0.4, -0.2) is 11.1 Å². The van der Waals surface area contributed by atoms with Gasteiger partial charge in [0.1, 0.15) is 0 Å². The third kappa shape index (κ3) is 5.07. The van der Waals surface area contributed by atoms with Crippen molar-refractivity contribution in [2.45, 2.75) is 40.0 Å². The summed E-state index contributed by atoms with van der Waals surface area (Å²) in [6, 6.07) is 15.5. The Morgan fingerprint density at radius 1 is 0.905 bits per heavy atom. The van der Waals surface area contributed by atoms with Crippen LogP contribution in [0.15, 0.2) is 48.5 Å². The second-order valence-corrected chi connectivity index (χ2v) is 4.68. The smallest absolute Gasteiger partial charge is 0.335 e. The van der Waals surface area contributed by atoms with Gasteiger partial charge in [0, 0.05) is 0 Å². The zero-order valence-corrected chi connectivity index (χ0v) is 13.1. The number of carbonyl (C=O) groups is 1. The largest absolute Gasteiger partial charge is 0.478 e. The second-order valence-electron chi connectivity index (χ2n) is 4.68. The molecule has 0 fully saturated rings. The standard InChI is InChI=1S/C17H18O2.C2H6/c1-2-3-4-13-5-7-14(8-6-13)15-9-11-16(12-10-15)17(18)19;1-2/h5-12H,2-4H2,1H3,(H,18,19);1-2H3. The molecule has 2 nitrogen and oxygen atoms in total. The predicted molar refractivity (Wildman–Crippen MR) is 88.8 cm³/mol. The zero-order valence-electron chi connectivity index (χ0n) is 13.1. The van der Waals surface area contributed by atoms with Crippen molar-refractivity contribution in [1.29, 1.82) is 0 Å². The molecule has 2 aromatic carbocycles. The van der Waals surface area contributed by atoms with Gasteiger partial charge in [-0.1, -0.05) is 63.6 Å². The van der Waals surface area contributed by atoms with Gasteiger partial charge in [-0.25, -0.2) is 4.79 Å². The highest BCUT2D eigenvalue weighted by Gasteiger charge is 2.03. The number of hydrogen-bond acceptors (Lipinski definition) is 1. The summed E-state index contributed by atoms with van der Waals surface area (Å²) < 4.78 is 0. The molecule has 0 aliphatic rings. The molecule has 2 heteroatoms. The summed E-state index contributed by atoms with van der Waals surface area (Å²) in [5, 5.41) is 8.87. The third-order valence-electron chi connectivity index (χ3n) is 3.24. The number of rotatable bonds is 5. The van der Waals surface area contributed by atoms with Crippen molar-refractivity contribution in [2.75, 3.05) is 0 Å². The van der Waals surface area contributed by atoms with E-state index in [1.54, 1.807) is 12.1 Å². The SMILES string of the molecule is CC.CCCCc1ccc(-c2ccc(C(=O)O)cc2)cc1. The van der Waals surface area contributed by atoms with Gasteiger partial charge < -0.3 is 5.11 Å². The molecule has 0 unspecified atom stereocenters. The lowest BCUT2D eigenvalue weighted by molar-refractivity contribution is 0.0697. The lowest BCUT2D eigenvalue weighted by Gasteiger charge is -2.05. The van der Waals surface area contributed by atoms with Crippen molar-refractivity contribution in [1.82, 2.24) is 0 Å². The van der Waals surface area contributed by atoms with E-state index in [0.29, 0.717) is 5.56 Å². The lowest BCUT2D eigenvalue weighted by Crippen LogP contribution is -1.94. The molecule has 0 radical (unpaired) electrons. The molecule has 0 aromatic heterocycles. The summed E-state index contributed by atoms with van der Waals surface area (Å²) in [5.41, 5.74) is 3.85. The fraction of sp³-hybridized carbons (Fsp3) is 0.316. The Bertz CT molecular complexity index is 539. The molecule has 0 saturated heterocycles. The van der Waals surface area contributed by atoms with Crippen LogP contribution in [0.25, 0.3) is 11.1 Å². The van der Waals surface area contributed by atoms with E-state index in [9.17, 15) is 4.79 Å². The number of carboxylic acids is 1. The highest BCUT2D eigenvalue weighted by atomic mass is 16.4. The molecule has 21 heavy (non-hydrogen) atoms. The zero-order chi connectivity index (χ0) is 15.7. The van der Waals surface area contributed by atoms with Crippen molar-refractivity contribution in [3.63, 3.8) is 0 Å². The quantitative estimate of drug-likeness (QED) is 0.796. The average Bonchev–Trinajstić information content (AvgIpc) is 2.55. The van der Waals surface area contributed by atoms with E-state index >= 15 is 0 Å². The molecule has 0 heterocycles. The maximum Gasteiger partial charge on any atom is 0.335 e. The van der Waals surface area contributed by atoms with Crippen molar-refractivity contribution in [3.8, 4) is 11.1 Å². The summed E-state index contributed by atoms with van der Waals surface area (Å²) in [7, 11) is 0. The fourth-order valence-electron chi connectivity index (χ4n) is 2.05. The molecular formula is C19H24O2. The van der Waals surface area contributed by atoms with Gasteiger partial charge in [-0.2, -0.15) is 0 Å². The Kier molecular flexibility index (Phi) is 7.24. The third-order valence-corrected chi connectivity index (χ3v) is 3.24. The highest BCUT2D eigenvalue weighted by Crippen LogP contribution is 2.21. The van der Waals surface area contributed by atoms with Crippen molar-refractivity contribution >= 4 is 5.97 Å². The van der Waals surface area contributed by atoms with E-state index in [1.807, 2.05) is 26.0 Å². The predicted octanol–water partition coefficient (Wildman–Crippen LogP) is 5.42. The first-order valence-corrected chi connectivity index (χ1v) is 7.63. The van der Waals surface area contributed by atoms with Crippen molar-refractivity contribution in [2.24, 2.45) is 0 Å². The number of aryl methyl sites for hydroxylation is 1. The van der Waals surface area contributed by atoms with Crippen LogP contribution in [0.5, 0.6) is 0 Å². The fourth-order valence-corrected chi connectivity index (χ4v) is 2.05. The van der Waals surface area contributed by atoms with Crippen LogP contribution >= 0.6 is 0 Å². The van der Waals surface area contributed by atoms with Gasteiger partial charge in [-0.05, 0) is 41.7 Å². The Morgan fingerprint density at radius 3 is 1.81 bits per heavy atom. The summed E-state index contributed by atoms with van der Waals surface area (Å²) in [5.74, 6) is -0.888. The first kappa shape index (κ1) is 17.0. The first-order chi connectivity index (χ1) is 10.2. The van der Waals surface area contributed by atoms with Crippen molar-refractivity contribution < 1.29 is 9.90 Å². The Labute approximate surface area is 127 Å². The van der Waals surface area contributed by atoms with Crippen LogP contribution in [0.2, 0.25) is 0 Å². The molecule has 0 atom stereocenters. The maximum atomic E-state index is 10.8. The summed E-state index contributed by atoms with van der Waals surface area (Å²) in [4.78, 5) is 10.8.